The van der Waals surface area contributed by atoms with Gasteiger partial charge in [0, 0.05) is 12.1 Å². The number of carbonyl (C=O) groups excluding carboxylic acids is 1. The van der Waals surface area contributed by atoms with Crippen LogP contribution in [0.2, 0.25) is 0 Å². The molecule has 1 heterocycles. The zero-order valence-corrected chi connectivity index (χ0v) is 14.0. The van der Waals surface area contributed by atoms with Crippen LogP contribution in [0.5, 0.6) is 0 Å². The van der Waals surface area contributed by atoms with Crippen LogP contribution >= 0.6 is 0 Å². The molecule has 126 valence electrons. The number of rotatable bonds is 4. The van der Waals surface area contributed by atoms with E-state index in [4.69, 9.17) is 0 Å². The molecule has 25 heavy (non-hydrogen) atoms. The number of carbonyl (C=O) groups is 1. The van der Waals surface area contributed by atoms with Gasteiger partial charge in [0.1, 0.15) is 0 Å². The Morgan fingerprint density at radius 3 is 2.56 bits per heavy atom. The average Bonchev–Trinajstić information content (AvgIpc) is 2.90. The Balaban J connectivity index is 1.91. The summed E-state index contributed by atoms with van der Waals surface area (Å²) in [7, 11) is 0. The molecule has 3 rings (SSSR count). The Bertz CT molecular complexity index is 898. The van der Waals surface area contributed by atoms with Crippen molar-refractivity contribution in [2.75, 3.05) is 5.01 Å². The SMILES string of the molecule is CCc1ccc(N2N=C(C)/C(=C\c3cccc([N+](=O)[O-])c3)C2=O)cc1. The van der Waals surface area contributed by atoms with E-state index in [0.29, 0.717) is 22.5 Å². The van der Waals surface area contributed by atoms with Crippen molar-refractivity contribution in [3.05, 3.63) is 75.3 Å². The Hall–Kier alpha value is -3.28. The van der Waals surface area contributed by atoms with Crippen molar-refractivity contribution in [2.45, 2.75) is 20.3 Å². The van der Waals surface area contributed by atoms with E-state index in [9.17, 15) is 14.9 Å². The minimum absolute atomic E-state index is 0.0126. The van der Waals surface area contributed by atoms with Crippen LogP contribution in [0.4, 0.5) is 11.4 Å². The number of benzene rings is 2. The van der Waals surface area contributed by atoms with E-state index in [2.05, 4.69) is 12.0 Å². The van der Waals surface area contributed by atoms with Crippen LogP contribution in [0.15, 0.2) is 59.2 Å². The van der Waals surface area contributed by atoms with Gasteiger partial charge >= 0.3 is 0 Å². The molecule has 0 saturated heterocycles. The molecule has 0 atom stereocenters. The molecule has 0 spiro atoms. The first-order valence-electron chi connectivity index (χ1n) is 7.94. The van der Waals surface area contributed by atoms with Crippen molar-refractivity contribution in [3.63, 3.8) is 0 Å². The number of hydrogen-bond acceptors (Lipinski definition) is 4. The van der Waals surface area contributed by atoms with E-state index >= 15 is 0 Å². The van der Waals surface area contributed by atoms with Crippen molar-refractivity contribution >= 4 is 29.1 Å². The lowest BCUT2D eigenvalue weighted by Crippen LogP contribution is -2.21. The summed E-state index contributed by atoms with van der Waals surface area (Å²) in [4.78, 5) is 23.1. The molecule has 2 aromatic carbocycles. The summed E-state index contributed by atoms with van der Waals surface area (Å²) < 4.78 is 0. The van der Waals surface area contributed by atoms with Gasteiger partial charge in [0.25, 0.3) is 11.6 Å². The number of hydrogen-bond donors (Lipinski definition) is 0. The number of nitro groups is 1. The minimum atomic E-state index is -0.457. The number of amides is 1. The molecule has 0 bridgehead atoms. The van der Waals surface area contributed by atoms with Crippen LogP contribution in [0.1, 0.15) is 25.0 Å². The minimum Gasteiger partial charge on any atom is -0.267 e. The number of nitrogens with zero attached hydrogens (tertiary/aromatic N) is 3. The largest absolute Gasteiger partial charge is 0.280 e. The molecule has 0 fully saturated rings. The number of non-ortho nitro benzene ring substituents is 1. The molecule has 2 aromatic rings. The van der Waals surface area contributed by atoms with Crippen LogP contribution in [0.25, 0.3) is 6.08 Å². The number of hydrazone groups is 1. The van der Waals surface area contributed by atoms with Gasteiger partial charge in [-0.25, -0.2) is 0 Å². The van der Waals surface area contributed by atoms with Gasteiger partial charge in [-0.1, -0.05) is 31.2 Å². The monoisotopic (exact) mass is 335 g/mol. The predicted octanol–water partition coefficient (Wildman–Crippen LogP) is 3.96. The van der Waals surface area contributed by atoms with E-state index in [1.165, 1.54) is 22.7 Å². The first kappa shape index (κ1) is 16.6. The lowest BCUT2D eigenvalue weighted by Gasteiger charge is -2.12. The molecule has 0 aromatic heterocycles. The smallest absolute Gasteiger partial charge is 0.267 e. The van der Waals surface area contributed by atoms with Gasteiger partial charge in [-0.3, -0.25) is 14.9 Å². The highest BCUT2D eigenvalue weighted by molar-refractivity contribution is 6.32. The summed E-state index contributed by atoms with van der Waals surface area (Å²) in [5.41, 5.74) is 3.47. The topological polar surface area (TPSA) is 75.8 Å². The Morgan fingerprint density at radius 2 is 1.92 bits per heavy atom. The average molecular weight is 335 g/mol. The van der Waals surface area contributed by atoms with Gasteiger partial charge in [0.05, 0.1) is 21.9 Å². The van der Waals surface area contributed by atoms with E-state index in [-0.39, 0.29) is 11.6 Å². The van der Waals surface area contributed by atoms with Crippen molar-refractivity contribution in [1.29, 1.82) is 0 Å². The second-order valence-corrected chi connectivity index (χ2v) is 5.73. The Kier molecular flexibility index (Phi) is 4.43. The molecule has 1 aliphatic rings. The summed E-state index contributed by atoms with van der Waals surface area (Å²) in [6.45, 7) is 3.82. The fourth-order valence-electron chi connectivity index (χ4n) is 2.63. The van der Waals surface area contributed by atoms with Crippen molar-refractivity contribution < 1.29 is 9.72 Å². The molecule has 6 nitrogen and oxygen atoms in total. The Morgan fingerprint density at radius 1 is 1.20 bits per heavy atom. The number of aryl methyl sites for hydroxylation is 1. The van der Waals surface area contributed by atoms with Crippen molar-refractivity contribution in [1.82, 2.24) is 0 Å². The quantitative estimate of drug-likeness (QED) is 0.482. The van der Waals surface area contributed by atoms with Crippen LogP contribution in [0.3, 0.4) is 0 Å². The Labute approximate surface area is 145 Å². The summed E-state index contributed by atoms with van der Waals surface area (Å²) in [5.74, 6) is -0.242. The summed E-state index contributed by atoms with van der Waals surface area (Å²) >= 11 is 0. The summed E-state index contributed by atoms with van der Waals surface area (Å²) in [6, 6.07) is 13.8. The van der Waals surface area contributed by atoms with Gasteiger partial charge in [-0.05, 0) is 42.7 Å². The number of nitro benzene ring substituents is 1. The highest BCUT2D eigenvalue weighted by Gasteiger charge is 2.28. The second kappa shape index (κ2) is 6.68. The number of anilines is 1. The normalized spacial score (nSPS) is 15.6. The zero-order chi connectivity index (χ0) is 18.0. The molecule has 0 unspecified atom stereocenters. The molecular formula is C19H17N3O3. The van der Waals surface area contributed by atoms with Crippen LogP contribution in [0, 0.1) is 10.1 Å². The summed E-state index contributed by atoms with van der Waals surface area (Å²) in [6.07, 6.45) is 2.56. The second-order valence-electron chi connectivity index (χ2n) is 5.73. The highest BCUT2D eigenvalue weighted by atomic mass is 16.6. The molecule has 6 heteroatoms. The molecule has 1 aliphatic heterocycles. The third kappa shape index (κ3) is 3.33. The maximum Gasteiger partial charge on any atom is 0.280 e. The molecule has 1 amide bonds. The third-order valence-corrected chi connectivity index (χ3v) is 4.04. The van der Waals surface area contributed by atoms with E-state index in [1.54, 1.807) is 25.1 Å². The molecule has 0 N–H and O–H groups in total. The maximum absolute atomic E-state index is 12.7. The molecular weight excluding hydrogens is 318 g/mol. The third-order valence-electron chi connectivity index (χ3n) is 4.04. The van der Waals surface area contributed by atoms with Gasteiger partial charge in [-0.2, -0.15) is 10.1 Å². The van der Waals surface area contributed by atoms with Crippen molar-refractivity contribution in [2.24, 2.45) is 5.10 Å². The fraction of sp³-hybridized carbons (Fsp3) is 0.158. The first-order valence-corrected chi connectivity index (χ1v) is 7.94. The van der Waals surface area contributed by atoms with Gasteiger partial charge in [0.2, 0.25) is 0 Å². The van der Waals surface area contributed by atoms with Crippen molar-refractivity contribution in [3.8, 4) is 0 Å². The van der Waals surface area contributed by atoms with Crippen LogP contribution in [-0.2, 0) is 11.2 Å². The standard InChI is InChI=1S/C19H17N3O3/c1-3-14-7-9-16(10-8-14)21-19(23)18(13(2)20-21)12-15-5-4-6-17(11-15)22(24)25/h4-12H,3H2,1-2H3/b18-12+. The van der Waals surface area contributed by atoms with Crippen LogP contribution < -0.4 is 5.01 Å². The van der Waals surface area contributed by atoms with Gasteiger partial charge in [-0.15, -0.1) is 0 Å². The first-order chi connectivity index (χ1) is 12.0. The van der Waals surface area contributed by atoms with E-state index in [1.807, 2.05) is 24.3 Å². The maximum atomic E-state index is 12.7. The molecule has 0 radical (unpaired) electrons. The summed E-state index contributed by atoms with van der Waals surface area (Å²) in [5, 5.41) is 16.6. The fourth-order valence-corrected chi connectivity index (χ4v) is 2.63. The van der Waals surface area contributed by atoms with Gasteiger partial charge < -0.3 is 0 Å². The van der Waals surface area contributed by atoms with Gasteiger partial charge in [0.15, 0.2) is 0 Å². The lowest BCUT2D eigenvalue weighted by atomic mass is 10.1. The lowest BCUT2D eigenvalue weighted by molar-refractivity contribution is -0.384. The molecule has 0 aliphatic carbocycles. The predicted molar refractivity (Wildman–Crippen MR) is 97.5 cm³/mol. The van der Waals surface area contributed by atoms with E-state index in [0.717, 1.165) is 6.42 Å². The van der Waals surface area contributed by atoms with E-state index < -0.39 is 4.92 Å². The highest BCUT2D eigenvalue weighted by Crippen LogP contribution is 2.26. The zero-order valence-electron chi connectivity index (χ0n) is 14.0. The van der Waals surface area contributed by atoms with Crippen LogP contribution in [-0.4, -0.2) is 16.5 Å². The molecule has 0 saturated carbocycles.